The third kappa shape index (κ3) is 4.29. The quantitative estimate of drug-likeness (QED) is 0.373. The van der Waals surface area contributed by atoms with Crippen molar-refractivity contribution in [1.82, 2.24) is 4.98 Å². The van der Waals surface area contributed by atoms with E-state index >= 15 is 0 Å². The second-order valence-corrected chi connectivity index (χ2v) is 7.92. The lowest BCUT2D eigenvalue weighted by molar-refractivity contribution is -0.137. The summed E-state index contributed by atoms with van der Waals surface area (Å²) in [6.07, 6.45) is -2.19. The van der Waals surface area contributed by atoms with Gasteiger partial charge in [0.2, 0.25) is 0 Å². The van der Waals surface area contributed by atoms with Crippen molar-refractivity contribution in [3.63, 3.8) is 0 Å². The molecule has 0 saturated carbocycles. The van der Waals surface area contributed by atoms with Crippen LogP contribution in [0.1, 0.15) is 24.0 Å². The number of halogens is 6. The molecule has 0 aliphatic heterocycles. The first-order chi connectivity index (χ1) is 12.7. The van der Waals surface area contributed by atoms with Gasteiger partial charge in [-0.3, -0.25) is 0 Å². The maximum atomic E-state index is 13.2. The Morgan fingerprint density at radius 2 is 1.81 bits per heavy atom. The molecule has 0 atom stereocenters. The summed E-state index contributed by atoms with van der Waals surface area (Å²) in [5.41, 5.74) is 7.37. The standard InChI is InChI=1S/C19H16BrCl2F3N2/c20-15-9-11(21)8-13-12(3-1-2-6-26)17(27-18(13)15)14-7-10(19(23,24)25)4-5-16(14)22/h4-5,7-9,27H,1-3,6,26H2. The van der Waals surface area contributed by atoms with Crippen molar-refractivity contribution in [3.05, 3.63) is 56.0 Å². The number of aromatic nitrogens is 1. The first-order valence-electron chi connectivity index (χ1n) is 8.29. The second kappa shape index (κ2) is 8.03. The molecule has 3 rings (SSSR count). The average Bonchev–Trinajstić information content (AvgIpc) is 2.93. The van der Waals surface area contributed by atoms with E-state index in [9.17, 15) is 13.2 Å². The highest BCUT2D eigenvalue weighted by Gasteiger charge is 2.31. The Bertz CT molecular complexity index is 983. The number of benzene rings is 2. The van der Waals surface area contributed by atoms with Gasteiger partial charge in [-0.1, -0.05) is 23.2 Å². The van der Waals surface area contributed by atoms with Gasteiger partial charge in [-0.2, -0.15) is 13.2 Å². The number of hydrogen-bond acceptors (Lipinski definition) is 1. The molecule has 0 aliphatic carbocycles. The molecule has 8 heteroatoms. The molecule has 1 heterocycles. The summed E-state index contributed by atoms with van der Waals surface area (Å²) in [7, 11) is 0. The van der Waals surface area contributed by atoms with E-state index in [1.807, 2.05) is 0 Å². The van der Waals surface area contributed by atoms with Gasteiger partial charge in [0.1, 0.15) is 0 Å². The summed E-state index contributed by atoms with van der Waals surface area (Å²) in [4.78, 5) is 3.23. The van der Waals surface area contributed by atoms with Crippen LogP contribution < -0.4 is 5.73 Å². The van der Waals surface area contributed by atoms with Crippen LogP contribution >= 0.6 is 39.1 Å². The molecular weight excluding hydrogens is 464 g/mol. The predicted molar refractivity (Wildman–Crippen MR) is 108 cm³/mol. The first kappa shape index (κ1) is 20.5. The molecule has 2 aromatic carbocycles. The van der Waals surface area contributed by atoms with Crippen molar-refractivity contribution in [2.45, 2.75) is 25.4 Å². The number of hydrogen-bond donors (Lipinski definition) is 2. The van der Waals surface area contributed by atoms with Crippen molar-refractivity contribution in [3.8, 4) is 11.3 Å². The monoisotopic (exact) mass is 478 g/mol. The Labute approximate surface area is 173 Å². The highest BCUT2D eigenvalue weighted by atomic mass is 79.9. The van der Waals surface area contributed by atoms with E-state index in [1.54, 1.807) is 12.1 Å². The molecule has 1 aromatic heterocycles. The molecule has 0 amide bonds. The van der Waals surface area contributed by atoms with Crippen LogP contribution in [0.15, 0.2) is 34.8 Å². The number of aryl methyl sites for hydroxylation is 1. The molecular formula is C19H16BrCl2F3N2. The molecule has 0 fully saturated rings. The van der Waals surface area contributed by atoms with Crippen LogP contribution in [0, 0.1) is 0 Å². The predicted octanol–water partition coefficient (Wildman–Crippen LogP) is 7.20. The van der Waals surface area contributed by atoms with Gasteiger partial charge in [0.25, 0.3) is 0 Å². The third-order valence-electron chi connectivity index (χ3n) is 4.38. The Kier molecular flexibility index (Phi) is 6.11. The normalized spacial score (nSPS) is 12.1. The van der Waals surface area contributed by atoms with Gasteiger partial charge in [-0.15, -0.1) is 0 Å². The van der Waals surface area contributed by atoms with E-state index in [4.69, 9.17) is 28.9 Å². The van der Waals surface area contributed by atoms with Gasteiger partial charge in [0.05, 0.1) is 16.8 Å². The lowest BCUT2D eigenvalue weighted by atomic mass is 9.99. The van der Waals surface area contributed by atoms with Gasteiger partial charge in [-0.25, -0.2) is 0 Å². The molecule has 0 radical (unpaired) electrons. The lowest BCUT2D eigenvalue weighted by Crippen LogP contribution is -2.05. The molecule has 3 N–H and O–H groups in total. The van der Waals surface area contributed by atoms with Crippen molar-refractivity contribution >= 4 is 50.0 Å². The van der Waals surface area contributed by atoms with Gasteiger partial charge in [-0.05, 0) is 77.6 Å². The van der Waals surface area contributed by atoms with Crippen LogP contribution in [0.3, 0.4) is 0 Å². The van der Waals surface area contributed by atoms with E-state index in [1.165, 1.54) is 6.07 Å². The van der Waals surface area contributed by atoms with Crippen LogP contribution in [0.25, 0.3) is 22.2 Å². The fourth-order valence-electron chi connectivity index (χ4n) is 3.10. The van der Waals surface area contributed by atoms with Crippen LogP contribution in [0.2, 0.25) is 10.0 Å². The van der Waals surface area contributed by atoms with E-state index in [0.717, 1.165) is 45.9 Å². The zero-order valence-electron chi connectivity index (χ0n) is 14.1. The van der Waals surface area contributed by atoms with Crippen LogP contribution in [-0.2, 0) is 12.6 Å². The number of nitrogens with one attached hydrogen (secondary N) is 1. The highest BCUT2D eigenvalue weighted by Crippen LogP contribution is 2.41. The summed E-state index contributed by atoms with van der Waals surface area (Å²) in [6, 6.07) is 6.88. The summed E-state index contributed by atoms with van der Waals surface area (Å²) in [6.45, 7) is 0.548. The topological polar surface area (TPSA) is 41.8 Å². The third-order valence-corrected chi connectivity index (χ3v) is 5.55. The first-order valence-corrected chi connectivity index (χ1v) is 9.84. The zero-order valence-corrected chi connectivity index (χ0v) is 17.2. The average molecular weight is 480 g/mol. The van der Waals surface area contributed by atoms with Gasteiger partial charge in [0, 0.05) is 25.5 Å². The summed E-state index contributed by atoms with van der Waals surface area (Å²) >= 11 is 15.9. The molecule has 0 unspecified atom stereocenters. The Morgan fingerprint density at radius 1 is 1.07 bits per heavy atom. The van der Waals surface area contributed by atoms with Crippen molar-refractivity contribution in [2.24, 2.45) is 5.73 Å². The van der Waals surface area contributed by atoms with Gasteiger partial charge < -0.3 is 10.7 Å². The Balaban J connectivity index is 2.24. The van der Waals surface area contributed by atoms with Crippen molar-refractivity contribution < 1.29 is 13.2 Å². The van der Waals surface area contributed by atoms with Crippen LogP contribution in [0.5, 0.6) is 0 Å². The zero-order chi connectivity index (χ0) is 19.8. The minimum atomic E-state index is -4.45. The molecule has 0 saturated heterocycles. The summed E-state index contributed by atoms with van der Waals surface area (Å²) in [5, 5.41) is 1.64. The summed E-state index contributed by atoms with van der Waals surface area (Å²) in [5.74, 6) is 0. The molecule has 3 aromatic rings. The number of fused-ring (bicyclic) bond motifs is 1. The Morgan fingerprint density at radius 3 is 2.48 bits per heavy atom. The highest BCUT2D eigenvalue weighted by molar-refractivity contribution is 9.10. The SMILES string of the molecule is NCCCCc1c(-c2cc(C(F)(F)F)ccc2Cl)[nH]c2c(Br)cc(Cl)cc12. The smallest absolute Gasteiger partial charge is 0.353 e. The van der Waals surface area contributed by atoms with Crippen molar-refractivity contribution in [2.75, 3.05) is 6.54 Å². The minimum Gasteiger partial charge on any atom is -0.353 e. The summed E-state index contributed by atoms with van der Waals surface area (Å²) < 4.78 is 40.3. The van der Waals surface area contributed by atoms with Crippen LogP contribution in [-0.4, -0.2) is 11.5 Å². The number of aromatic amines is 1. The molecule has 27 heavy (non-hydrogen) atoms. The fourth-order valence-corrected chi connectivity index (χ4v) is 4.22. The van der Waals surface area contributed by atoms with Crippen LogP contribution in [0.4, 0.5) is 13.2 Å². The van der Waals surface area contributed by atoms with E-state index < -0.39 is 11.7 Å². The number of H-pyrrole nitrogens is 1. The molecule has 2 nitrogen and oxygen atoms in total. The number of alkyl halides is 3. The van der Waals surface area contributed by atoms with E-state index in [2.05, 4.69) is 20.9 Å². The van der Waals surface area contributed by atoms with Crippen molar-refractivity contribution in [1.29, 1.82) is 0 Å². The molecule has 0 bridgehead atoms. The maximum Gasteiger partial charge on any atom is 0.416 e. The fraction of sp³-hybridized carbons (Fsp3) is 0.263. The molecule has 0 aliphatic rings. The number of rotatable bonds is 5. The maximum absolute atomic E-state index is 13.2. The molecule has 144 valence electrons. The Hall–Kier alpha value is -1.21. The van der Waals surface area contributed by atoms with Gasteiger partial charge >= 0.3 is 6.18 Å². The lowest BCUT2D eigenvalue weighted by Gasteiger charge is -2.11. The number of unbranched alkanes of at least 4 members (excludes halogenated alkanes) is 1. The second-order valence-electron chi connectivity index (χ2n) is 6.23. The number of nitrogens with two attached hydrogens (primary N) is 1. The largest absolute Gasteiger partial charge is 0.416 e. The van der Waals surface area contributed by atoms with E-state index in [-0.39, 0.29) is 5.02 Å². The van der Waals surface area contributed by atoms with Gasteiger partial charge in [0.15, 0.2) is 0 Å². The minimum absolute atomic E-state index is 0.247. The van der Waals surface area contributed by atoms with E-state index in [0.29, 0.717) is 29.2 Å². The molecule has 0 spiro atoms.